The average molecular weight is 405 g/mol. The molecule has 0 saturated carbocycles. The summed E-state index contributed by atoms with van der Waals surface area (Å²) in [6.07, 6.45) is 1.77. The lowest BCUT2D eigenvalue weighted by atomic mass is 9.93. The zero-order chi connectivity index (χ0) is 21.4. The number of hydrogen-bond acceptors (Lipinski definition) is 7. The highest BCUT2D eigenvalue weighted by Crippen LogP contribution is 2.22. The standard InChI is InChI=1S/C21H40O7/c1-7-9-24-13-19(22)15-26-11-17(3)21(5,6)28-12-18(4)27-16-20(23)14-25-10-8-2/h7-8,17-20,22-23H,1-2,9-16H2,3-6H3. The van der Waals surface area contributed by atoms with Gasteiger partial charge >= 0.3 is 0 Å². The van der Waals surface area contributed by atoms with Crippen molar-refractivity contribution in [3.63, 3.8) is 0 Å². The normalized spacial score (nSPS) is 16.4. The molecule has 0 amide bonds. The van der Waals surface area contributed by atoms with Crippen LogP contribution in [0.3, 0.4) is 0 Å². The lowest BCUT2D eigenvalue weighted by Crippen LogP contribution is -2.39. The van der Waals surface area contributed by atoms with Crippen molar-refractivity contribution in [3.8, 4) is 0 Å². The molecule has 7 nitrogen and oxygen atoms in total. The molecule has 28 heavy (non-hydrogen) atoms. The highest BCUT2D eigenvalue weighted by Gasteiger charge is 2.28. The molecule has 0 aliphatic rings. The summed E-state index contributed by atoms with van der Waals surface area (Å²) in [5.74, 6) is 0.110. The second kappa shape index (κ2) is 16.0. The second-order valence-electron chi connectivity index (χ2n) is 7.46. The Bertz CT molecular complexity index is 400. The zero-order valence-corrected chi connectivity index (χ0v) is 18.0. The first-order valence-corrected chi connectivity index (χ1v) is 9.79. The van der Waals surface area contributed by atoms with Crippen molar-refractivity contribution >= 4 is 0 Å². The molecule has 7 heteroatoms. The van der Waals surface area contributed by atoms with E-state index in [9.17, 15) is 10.2 Å². The Labute approximate surface area is 170 Å². The Morgan fingerprint density at radius 2 is 1.29 bits per heavy atom. The van der Waals surface area contributed by atoms with Gasteiger partial charge in [-0.05, 0) is 20.8 Å². The molecule has 0 aliphatic carbocycles. The molecule has 0 heterocycles. The number of aliphatic hydroxyl groups is 2. The van der Waals surface area contributed by atoms with Crippen molar-refractivity contribution < 1.29 is 33.9 Å². The predicted molar refractivity (Wildman–Crippen MR) is 109 cm³/mol. The van der Waals surface area contributed by atoms with Gasteiger partial charge in [0, 0.05) is 5.92 Å². The maximum Gasteiger partial charge on any atom is 0.101 e. The van der Waals surface area contributed by atoms with Gasteiger partial charge < -0.3 is 33.9 Å². The summed E-state index contributed by atoms with van der Waals surface area (Å²) in [5.41, 5.74) is -0.423. The van der Waals surface area contributed by atoms with Gasteiger partial charge in [0.05, 0.1) is 64.6 Å². The first-order chi connectivity index (χ1) is 13.2. The maximum absolute atomic E-state index is 9.78. The molecule has 0 bridgehead atoms. The summed E-state index contributed by atoms with van der Waals surface area (Å²) in [5, 5.41) is 19.5. The molecule has 166 valence electrons. The van der Waals surface area contributed by atoms with Gasteiger partial charge in [-0.3, -0.25) is 0 Å². The first-order valence-electron chi connectivity index (χ1n) is 9.79. The maximum atomic E-state index is 9.78. The van der Waals surface area contributed by atoms with Crippen LogP contribution in [0.4, 0.5) is 0 Å². The monoisotopic (exact) mass is 404 g/mol. The Balaban J connectivity index is 3.99. The van der Waals surface area contributed by atoms with Crippen molar-refractivity contribution in [1.29, 1.82) is 0 Å². The lowest BCUT2D eigenvalue weighted by molar-refractivity contribution is -0.124. The van der Waals surface area contributed by atoms with E-state index in [1.54, 1.807) is 12.2 Å². The molecule has 0 aliphatic heterocycles. The minimum absolute atomic E-state index is 0.110. The van der Waals surface area contributed by atoms with Crippen molar-refractivity contribution in [3.05, 3.63) is 25.3 Å². The van der Waals surface area contributed by atoms with E-state index in [0.717, 1.165) is 0 Å². The topological polar surface area (TPSA) is 86.6 Å². The highest BCUT2D eigenvalue weighted by atomic mass is 16.6. The molecule has 0 saturated heterocycles. The van der Waals surface area contributed by atoms with Gasteiger partial charge in [0.2, 0.25) is 0 Å². The first kappa shape index (κ1) is 27.2. The van der Waals surface area contributed by atoms with Gasteiger partial charge in [-0.1, -0.05) is 19.1 Å². The number of aliphatic hydroxyl groups excluding tert-OH is 2. The average Bonchev–Trinajstić information content (AvgIpc) is 2.65. The van der Waals surface area contributed by atoms with E-state index >= 15 is 0 Å². The fraction of sp³-hybridized carbons (Fsp3) is 0.810. The van der Waals surface area contributed by atoms with E-state index in [-0.39, 0.29) is 38.4 Å². The van der Waals surface area contributed by atoms with Gasteiger partial charge in [0.25, 0.3) is 0 Å². The molecule has 4 atom stereocenters. The molecule has 0 fully saturated rings. The van der Waals surface area contributed by atoms with Gasteiger partial charge in [-0.15, -0.1) is 13.2 Å². The molecular formula is C21H40O7. The Morgan fingerprint density at radius 3 is 1.82 bits per heavy atom. The van der Waals surface area contributed by atoms with Crippen LogP contribution in [0.25, 0.3) is 0 Å². The third-order valence-electron chi connectivity index (χ3n) is 4.22. The quantitative estimate of drug-likeness (QED) is 0.251. The van der Waals surface area contributed by atoms with E-state index in [2.05, 4.69) is 13.2 Å². The van der Waals surface area contributed by atoms with Crippen LogP contribution >= 0.6 is 0 Å². The third-order valence-corrected chi connectivity index (χ3v) is 4.22. The van der Waals surface area contributed by atoms with Gasteiger partial charge in [-0.25, -0.2) is 0 Å². The van der Waals surface area contributed by atoms with Crippen molar-refractivity contribution in [2.75, 3.05) is 52.9 Å². The Morgan fingerprint density at radius 1 is 0.786 bits per heavy atom. The van der Waals surface area contributed by atoms with Crippen LogP contribution < -0.4 is 0 Å². The van der Waals surface area contributed by atoms with Crippen LogP contribution in [0.1, 0.15) is 27.7 Å². The van der Waals surface area contributed by atoms with Crippen LogP contribution in [0.15, 0.2) is 25.3 Å². The zero-order valence-electron chi connectivity index (χ0n) is 18.0. The summed E-state index contributed by atoms with van der Waals surface area (Å²) >= 11 is 0. The molecule has 0 radical (unpaired) electrons. The number of hydrogen-bond donors (Lipinski definition) is 2. The van der Waals surface area contributed by atoms with Crippen LogP contribution in [0, 0.1) is 5.92 Å². The molecule has 0 spiro atoms. The van der Waals surface area contributed by atoms with Crippen LogP contribution in [0.2, 0.25) is 0 Å². The Hall–Kier alpha value is -0.800. The van der Waals surface area contributed by atoms with E-state index in [1.165, 1.54) is 0 Å². The molecule has 0 rings (SSSR count). The highest BCUT2D eigenvalue weighted by molar-refractivity contribution is 4.77. The number of rotatable bonds is 19. The summed E-state index contributed by atoms with van der Waals surface area (Å²) in [7, 11) is 0. The number of ether oxygens (including phenoxy) is 5. The fourth-order valence-electron chi connectivity index (χ4n) is 2.05. The van der Waals surface area contributed by atoms with Gasteiger partial charge in [0.15, 0.2) is 0 Å². The third kappa shape index (κ3) is 14.2. The minimum atomic E-state index is -0.676. The van der Waals surface area contributed by atoms with Crippen LogP contribution in [-0.2, 0) is 23.7 Å². The summed E-state index contributed by atoms with van der Waals surface area (Å²) < 4.78 is 27.5. The lowest BCUT2D eigenvalue weighted by Gasteiger charge is -2.33. The predicted octanol–water partition coefficient (Wildman–Crippen LogP) is 1.97. The summed E-state index contributed by atoms with van der Waals surface area (Å²) in [6, 6.07) is 0. The molecule has 0 aromatic rings. The molecule has 2 N–H and O–H groups in total. The SMILES string of the molecule is C=CCOCC(O)COCC(C)C(C)(C)OCC(C)OCC(O)COCC=C. The van der Waals surface area contributed by atoms with Crippen LogP contribution in [-0.4, -0.2) is 87.0 Å². The van der Waals surface area contributed by atoms with E-state index in [0.29, 0.717) is 26.4 Å². The van der Waals surface area contributed by atoms with Crippen molar-refractivity contribution in [2.45, 2.75) is 51.6 Å². The molecule has 4 unspecified atom stereocenters. The molecular weight excluding hydrogens is 364 g/mol. The van der Waals surface area contributed by atoms with E-state index in [1.807, 2.05) is 27.7 Å². The van der Waals surface area contributed by atoms with E-state index < -0.39 is 17.8 Å². The summed E-state index contributed by atoms with van der Waals surface area (Å²) in [6.45, 7) is 17.5. The molecule has 0 aromatic carbocycles. The fourth-order valence-corrected chi connectivity index (χ4v) is 2.05. The van der Waals surface area contributed by atoms with E-state index in [4.69, 9.17) is 23.7 Å². The smallest absolute Gasteiger partial charge is 0.101 e. The van der Waals surface area contributed by atoms with Crippen LogP contribution in [0.5, 0.6) is 0 Å². The van der Waals surface area contributed by atoms with Crippen molar-refractivity contribution in [1.82, 2.24) is 0 Å². The largest absolute Gasteiger partial charge is 0.388 e. The molecule has 0 aromatic heterocycles. The Kier molecular flexibility index (Phi) is 15.6. The minimum Gasteiger partial charge on any atom is -0.388 e. The van der Waals surface area contributed by atoms with Gasteiger partial charge in [0.1, 0.15) is 12.2 Å². The van der Waals surface area contributed by atoms with Crippen molar-refractivity contribution in [2.24, 2.45) is 5.92 Å². The second-order valence-corrected chi connectivity index (χ2v) is 7.46. The summed E-state index contributed by atoms with van der Waals surface area (Å²) in [4.78, 5) is 0. The van der Waals surface area contributed by atoms with Gasteiger partial charge in [-0.2, -0.15) is 0 Å².